The fourth-order valence-corrected chi connectivity index (χ4v) is 1.98. The fraction of sp³-hybridized carbons (Fsp3) is 0.364. The average Bonchev–Trinajstić information content (AvgIpc) is 2.64. The number of rotatable bonds is 4. The van der Waals surface area contributed by atoms with Crippen LogP contribution in [-0.4, -0.2) is 37.1 Å². The van der Waals surface area contributed by atoms with Gasteiger partial charge in [-0.25, -0.2) is 4.98 Å². The molecule has 4 heteroatoms. The van der Waals surface area contributed by atoms with E-state index in [1.807, 2.05) is 37.8 Å². The van der Waals surface area contributed by atoms with Crippen molar-refractivity contribution < 1.29 is 4.74 Å². The summed E-state index contributed by atoms with van der Waals surface area (Å²) >= 11 is 1.64. The number of aromatic nitrogens is 1. The summed E-state index contributed by atoms with van der Waals surface area (Å²) in [5.74, 6) is 0.925. The van der Waals surface area contributed by atoms with Gasteiger partial charge in [-0.2, -0.15) is 0 Å². The number of thiazole rings is 1. The van der Waals surface area contributed by atoms with Crippen molar-refractivity contribution in [2.24, 2.45) is 0 Å². The highest BCUT2D eigenvalue weighted by Crippen LogP contribution is 2.23. The lowest BCUT2D eigenvalue weighted by Gasteiger charge is -2.10. The maximum Gasteiger partial charge on any atom is 0.120 e. The van der Waals surface area contributed by atoms with Crippen LogP contribution in [0.25, 0.3) is 10.2 Å². The lowest BCUT2D eigenvalue weighted by Crippen LogP contribution is -2.19. The van der Waals surface area contributed by atoms with Crippen molar-refractivity contribution in [1.82, 2.24) is 9.88 Å². The Bertz CT molecular complexity index is 439. The maximum atomic E-state index is 5.63. The minimum absolute atomic E-state index is 0.720. The quantitative estimate of drug-likeness (QED) is 0.793. The molecule has 1 aromatic heterocycles. The minimum Gasteiger partial charge on any atom is -0.492 e. The minimum atomic E-state index is 0.720. The standard InChI is InChI=1S/C11H14N2OS/c1-13(2)5-6-14-9-3-4-10-11(7-9)15-8-12-10/h3-4,7-8H,5-6H2,1-2H3. The molecule has 0 N–H and O–H groups in total. The number of likely N-dealkylation sites (N-methyl/N-ethyl adjacent to an activating group) is 1. The summed E-state index contributed by atoms with van der Waals surface area (Å²) in [6, 6.07) is 6.01. The topological polar surface area (TPSA) is 25.4 Å². The molecule has 0 amide bonds. The smallest absolute Gasteiger partial charge is 0.120 e. The highest BCUT2D eigenvalue weighted by Gasteiger charge is 1.99. The predicted octanol–water partition coefficient (Wildman–Crippen LogP) is 2.24. The average molecular weight is 222 g/mol. The van der Waals surface area contributed by atoms with Gasteiger partial charge in [-0.15, -0.1) is 11.3 Å². The Kier molecular flexibility index (Phi) is 3.18. The lowest BCUT2D eigenvalue weighted by atomic mass is 10.3. The van der Waals surface area contributed by atoms with Crippen molar-refractivity contribution in [2.75, 3.05) is 27.2 Å². The molecule has 1 heterocycles. The first-order valence-corrected chi connectivity index (χ1v) is 5.74. The normalized spacial score (nSPS) is 11.1. The second-order valence-corrected chi connectivity index (χ2v) is 4.52. The van der Waals surface area contributed by atoms with Crippen LogP contribution in [0.2, 0.25) is 0 Å². The molecule has 2 aromatic rings. The summed E-state index contributed by atoms with van der Waals surface area (Å²) < 4.78 is 6.81. The Morgan fingerprint density at radius 1 is 1.40 bits per heavy atom. The van der Waals surface area contributed by atoms with E-state index >= 15 is 0 Å². The van der Waals surface area contributed by atoms with E-state index in [1.165, 1.54) is 4.70 Å². The van der Waals surface area contributed by atoms with Crippen LogP contribution in [0, 0.1) is 0 Å². The van der Waals surface area contributed by atoms with Crippen LogP contribution in [0.3, 0.4) is 0 Å². The number of hydrogen-bond acceptors (Lipinski definition) is 4. The van der Waals surface area contributed by atoms with E-state index < -0.39 is 0 Å². The molecule has 0 unspecified atom stereocenters. The molecule has 1 aromatic carbocycles. The molecule has 0 aliphatic carbocycles. The zero-order chi connectivity index (χ0) is 10.7. The molecule has 0 aliphatic rings. The second kappa shape index (κ2) is 4.59. The van der Waals surface area contributed by atoms with Crippen LogP contribution in [0.4, 0.5) is 0 Å². The van der Waals surface area contributed by atoms with Gasteiger partial charge in [-0.1, -0.05) is 0 Å². The van der Waals surface area contributed by atoms with Gasteiger partial charge in [0.25, 0.3) is 0 Å². The number of hydrogen-bond donors (Lipinski definition) is 0. The van der Waals surface area contributed by atoms with E-state index in [2.05, 4.69) is 9.88 Å². The molecular formula is C11H14N2OS. The zero-order valence-corrected chi connectivity index (χ0v) is 9.75. The molecule has 3 nitrogen and oxygen atoms in total. The zero-order valence-electron chi connectivity index (χ0n) is 8.93. The molecular weight excluding hydrogens is 208 g/mol. The molecule has 0 atom stereocenters. The van der Waals surface area contributed by atoms with Crippen LogP contribution < -0.4 is 4.74 Å². The molecule has 2 rings (SSSR count). The summed E-state index contributed by atoms with van der Waals surface area (Å²) in [5.41, 5.74) is 2.90. The van der Waals surface area contributed by atoms with Crippen LogP contribution in [0.15, 0.2) is 23.7 Å². The van der Waals surface area contributed by atoms with Gasteiger partial charge in [0.15, 0.2) is 0 Å². The highest BCUT2D eigenvalue weighted by atomic mass is 32.1. The maximum absolute atomic E-state index is 5.63. The van der Waals surface area contributed by atoms with Crippen LogP contribution in [-0.2, 0) is 0 Å². The monoisotopic (exact) mass is 222 g/mol. The van der Waals surface area contributed by atoms with Crippen LogP contribution in [0.5, 0.6) is 5.75 Å². The third-order valence-corrected chi connectivity index (χ3v) is 2.90. The summed E-state index contributed by atoms with van der Waals surface area (Å²) in [5, 5.41) is 0. The van der Waals surface area contributed by atoms with E-state index in [-0.39, 0.29) is 0 Å². The molecule has 0 saturated carbocycles. The van der Waals surface area contributed by atoms with Gasteiger partial charge in [0.2, 0.25) is 0 Å². The van der Waals surface area contributed by atoms with Gasteiger partial charge in [0, 0.05) is 6.54 Å². The molecule has 0 radical (unpaired) electrons. The molecule has 0 fully saturated rings. The molecule has 0 bridgehead atoms. The third-order valence-electron chi connectivity index (χ3n) is 2.11. The van der Waals surface area contributed by atoms with Crippen molar-refractivity contribution in [3.05, 3.63) is 23.7 Å². The van der Waals surface area contributed by atoms with E-state index in [4.69, 9.17) is 4.74 Å². The van der Waals surface area contributed by atoms with Gasteiger partial charge in [0.1, 0.15) is 12.4 Å². The Hall–Kier alpha value is -1.13. The van der Waals surface area contributed by atoms with Crippen molar-refractivity contribution >= 4 is 21.6 Å². The second-order valence-electron chi connectivity index (χ2n) is 3.63. The summed E-state index contributed by atoms with van der Waals surface area (Å²) in [4.78, 5) is 6.33. The van der Waals surface area contributed by atoms with Gasteiger partial charge >= 0.3 is 0 Å². The molecule has 0 aliphatic heterocycles. The van der Waals surface area contributed by atoms with E-state index in [0.717, 1.165) is 24.4 Å². The number of benzene rings is 1. The molecule has 15 heavy (non-hydrogen) atoms. The number of nitrogens with zero attached hydrogens (tertiary/aromatic N) is 2. The molecule has 0 saturated heterocycles. The van der Waals surface area contributed by atoms with Crippen LogP contribution >= 0.6 is 11.3 Å². The van der Waals surface area contributed by atoms with Crippen LogP contribution in [0.1, 0.15) is 0 Å². The number of ether oxygens (including phenoxy) is 1. The van der Waals surface area contributed by atoms with E-state index in [1.54, 1.807) is 11.3 Å². The number of fused-ring (bicyclic) bond motifs is 1. The first-order valence-electron chi connectivity index (χ1n) is 4.86. The summed E-state index contributed by atoms with van der Waals surface area (Å²) in [7, 11) is 4.07. The Morgan fingerprint density at radius 3 is 3.07 bits per heavy atom. The predicted molar refractivity (Wildman–Crippen MR) is 63.7 cm³/mol. The summed E-state index contributed by atoms with van der Waals surface area (Å²) in [6.07, 6.45) is 0. The van der Waals surface area contributed by atoms with E-state index in [9.17, 15) is 0 Å². The lowest BCUT2D eigenvalue weighted by molar-refractivity contribution is 0.261. The van der Waals surface area contributed by atoms with Crippen molar-refractivity contribution in [2.45, 2.75) is 0 Å². The first kappa shape index (κ1) is 10.4. The summed E-state index contributed by atoms with van der Waals surface area (Å²) in [6.45, 7) is 1.65. The van der Waals surface area contributed by atoms with Crippen molar-refractivity contribution in [3.8, 4) is 5.75 Å². The first-order chi connectivity index (χ1) is 7.25. The van der Waals surface area contributed by atoms with Gasteiger partial charge < -0.3 is 9.64 Å². The van der Waals surface area contributed by atoms with Gasteiger partial charge in [0.05, 0.1) is 15.7 Å². The van der Waals surface area contributed by atoms with Crippen molar-refractivity contribution in [3.63, 3.8) is 0 Å². The van der Waals surface area contributed by atoms with E-state index in [0.29, 0.717) is 0 Å². The highest BCUT2D eigenvalue weighted by molar-refractivity contribution is 7.16. The largest absolute Gasteiger partial charge is 0.492 e. The fourth-order valence-electron chi connectivity index (χ4n) is 1.27. The Balaban J connectivity index is 2.02. The molecule has 80 valence electrons. The molecule has 0 spiro atoms. The third kappa shape index (κ3) is 2.67. The Labute approximate surface area is 93.3 Å². The van der Waals surface area contributed by atoms with Gasteiger partial charge in [-0.05, 0) is 32.3 Å². The SMILES string of the molecule is CN(C)CCOc1ccc2ncsc2c1. The Morgan fingerprint density at radius 2 is 2.27 bits per heavy atom. The van der Waals surface area contributed by atoms with Gasteiger partial charge in [-0.3, -0.25) is 0 Å². The van der Waals surface area contributed by atoms with Crippen molar-refractivity contribution in [1.29, 1.82) is 0 Å².